The minimum atomic E-state index is 0.930. The maximum Gasteiger partial charge on any atom is 0.119 e. The molecule has 0 saturated carbocycles. The Hall–Kier alpha value is -1.24. The Morgan fingerprint density at radius 2 is 2.15 bits per heavy atom. The quantitative estimate of drug-likeness (QED) is 0.642. The first-order chi connectivity index (χ1) is 6.22. The van der Waals surface area contributed by atoms with E-state index >= 15 is 0 Å². The summed E-state index contributed by atoms with van der Waals surface area (Å²) in [6.45, 7) is 4.22. The highest BCUT2D eigenvalue weighted by Crippen LogP contribution is 2.13. The molecule has 0 atom stereocenters. The highest BCUT2D eigenvalue weighted by molar-refractivity contribution is 5.29. The van der Waals surface area contributed by atoms with Crippen LogP contribution in [0.25, 0.3) is 0 Å². The van der Waals surface area contributed by atoms with Crippen molar-refractivity contribution in [2.24, 2.45) is 0 Å². The lowest BCUT2D eigenvalue weighted by Crippen LogP contribution is -1.85. The molecule has 1 heteroatoms. The molecular weight excluding hydrogens is 160 g/mol. The standard InChI is InChI=1S/C12H16O/c1-10(2)7-8-11-5-4-6-12(9-11)13-3/h4-7,9H,8H2,1-3H3. The van der Waals surface area contributed by atoms with E-state index in [1.807, 2.05) is 12.1 Å². The average molecular weight is 176 g/mol. The van der Waals surface area contributed by atoms with Crippen LogP contribution in [0.5, 0.6) is 5.75 Å². The molecule has 0 spiro atoms. The highest BCUT2D eigenvalue weighted by Gasteiger charge is 1.92. The molecule has 0 bridgehead atoms. The van der Waals surface area contributed by atoms with Gasteiger partial charge in [-0.3, -0.25) is 0 Å². The molecule has 0 radical (unpaired) electrons. The van der Waals surface area contributed by atoms with E-state index in [1.54, 1.807) is 7.11 Å². The van der Waals surface area contributed by atoms with Gasteiger partial charge in [0.05, 0.1) is 7.11 Å². The summed E-state index contributed by atoms with van der Waals surface area (Å²) in [6, 6.07) is 8.17. The zero-order valence-electron chi connectivity index (χ0n) is 8.50. The fourth-order valence-electron chi connectivity index (χ4n) is 1.12. The molecule has 13 heavy (non-hydrogen) atoms. The van der Waals surface area contributed by atoms with Gasteiger partial charge in [0.15, 0.2) is 0 Å². The largest absolute Gasteiger partial charge is 0.497 e. The van der Waals surface area contributed by atoms with Crippen LogP contribution in [0, 0.1) is 0 Å². The van der Waals surface area contributed by atoms with E-state index < -0.39 is 0 Å². The second kappa shape index (κ2) is 4.70. The van der Waals surface area contributed by atoms with Crippen LogP contribution < -0.4 is 4.74 Å². The maximum absolute atomic E-state index is 5.14. The molecule has 0 heterocycles. The number of methoxy groups -OCH3 is 1. The Morgan fingerprint density at radius 3 is 2.77 bits per heavy atom. The van der Waals surface area contributed by atoms with E-state index in [2.05, 4.69) is 32.1 Å². The van der Waals surface area contributed by atoms with Crippen LogP contribution >= 0.6 is 0 Å². The first-order valence-corrected chi connectivity index (χ1v) is 4.48. The summed E-state index contributed by atoms with van der Waals surface area (Å²) >= 11 is 0. The molecule has 1 aromatic carbocycles. The Balaban J connectivity index is 2.72. The van der Waals surface area contributed by atoms with Crippen molar-refractivity contribution in [1.29, 1.82) is 0 Å². The summed E-state index contributed by atoms with van der Waals surface area (Å²) in [4.78, 5) is 0. The van der Waals surface area contributed by atoms with Gasteiger partial charge < -0.3 is 4.74 Å². The molecule has 0 unspecified atom stereocenters. The van der Waals surface area contributed by atoms with Crippen molar-refractivity contribution in [3.05, 3.63) is 41.5 Å². The van der Waals surface area contributed by atoms with E-state index in [0.717, 1.165) is 12.2 Å². The third-order valence-corrected chi connectivity index (χ3v) is 1.88. The lowest BCUT2D eigenvalue weighted by atomic mass is 10.1. The lowest BCUT2D eigenvalue weighted by molar-refractivity contribution is 0.414. The van der Waals surface area contributed by atoms with Crippen molar-refractivity contribution >= 4 is 0 Å². The fraction of sp³-hybridized carbons (Fsp3) is 0.333. The number of hydrogen-bond donors (Lipinski definition) is 0. The molecule has 0 saturated heterocycles. The molecule has 1 nitrogen and oxygen atoms in total. The van der Waals surface area contributed by atoms with Crippen molar-refractivity contribution < 1.29 is 4.74 Å². The summed E-state index contributed by atoms with van der Waals surface area (Å²) in [5.74, 6) is 0.930. The molecule has 0 aliphatic rings. The summed E-state index contributed by atoms with van der Waals surface area (Å²) < 4.78 is 5.14. The smallest absolute Gasteiger partial charge is 0.119 e. The third kappa shape index (κ3) is 3.32. The Labute approximate surface area is 80.0 Å². The molecule has 0 amide bonds. The van der Waals surface area contributed by atoms with Crippen molar-refractivity contribution in [2.45, 2.75) is 20.3 Å². The maximum atomic E-state index is 5.14. The predicted octanol–water partition coefficient (Wildman–Crippen LogP) is 3.20. The summed E-state index contributed by atoms with van der Waals surface area (Å²) in [5.41, 5.74) is 2.64. The van der Waals surface area contributed by atoms with Crippen LogP contribution in [0.2, 0.25) is 0 Å². The first-order valence-electron chi connectivity index (χ1n) is 4.48. The molecule has 0 aliphatic carbocycles. The minimum absolute atomic E-state index is 0.930. The van der Waals surface area contributed by atoms with Gasteiger partial charge in [0, 0.05) is 0 Å². The van der Waals surface area contributed by atoms with E-state index in [0.29, 0.717) is 0 Å². The second-order valence-corrected chi connectivity index (χ2v) is 3.34. The van der Waals surface area contributed by atoms with Gasteiger partial charge in [0.2, 0.25) is 0 Å². The monoisotopic (exact) mass is 176 g/mol. The number of rotatable bonds is 3. The number of ether oxygens (including phenoxy) is 1. The Kier molecular flexibility index (Phi) is 3.56. The number of hydrogen-bond acceptors (Lipinski definition) is 1. The molecule has 0 N–H and O–H groups in total. The number of benzene rings is 1. The van der Waals surface area contributed by atoms with E-state index in [-0.39, 0.29) is 0 Å². The van der Waals surface area contributed by atoms with E-state index in [1.165, 1.54) is 11.1 Å². The lowest BCUT2D eigenvalue weighted by Gasteiger charge is -2.01. The summed E-state index contributed by atoms with van der Waals surface area (Å²) in [6.07, 6.45) is 3.20. The van der Waals surface area contributed by atoms with Crippen molar-refractivity contribution in [2.75, 3.05) is 7.11 Å². The zero-order chi connectivity index (χ0) is 9.68. The van der Waals surface area contributed by atoms with Gasteiger partial charge in [-0.1, -0.05) is 23.8 Å². The Morgan fingerprint density at radius 1 is 1.38 bits per heavy atom. The highest BCUT2D eigenvalue weighted by atomic mass is 16.5. The molecular formula is C12H16O. The van der Waals surface area contributed by atoms with Crippen molar-refractivity contribution in [1.82, 2.24) is 0 Å². The van der Waals surface area contributed by atoms with Gasteiger partial charge in [-0.05, 0) is 38.0 Å². The normalized spacial score (nSPS) is 9.46. The zero-order valence-corrected chi connectivity index (χ0v) is 8.50. The van der Waals surface area contributed by atoms with Gasteiger partial charge >= 0.3 is 0 Å². The molecule has 0 aromatic heterocycles. The van der Waals surface area contributed by atoms with Crippen molar-refractivity contribution in [3.8, 4) is 5.75 Å². The van der Waals surface area contributed by atoms with Crippen LogP contribution in [-0.4, -0.2) is 7.11 Å². The van der Waals surface area contributed by atoms with Crippen LogP contribution in [-0.2, 0) is 6.42 Å². The van der Waals surface area contributed by atoms with E-state index in [4.69, 9.17) is 4.74 Å². The van der Waals surface area contributed by atoms with Gasteiger partial charge in [-0.15, -0.1) is 0 Å². The van der Waals surface area contributed by atoms with Crippen LogP contribution in [0.15, 0.2) is 35.9 Å². The minimum Gasteiger partial charge on any atom is -0.497 e. The Bertz CT molecular complexity index is 296. The molecule has 70 valence electrons. The van der Waals surface area contributed by atoms with Crippen molar-refractivity contribution in [3.63, 3.8) is 0 Å². The van der Waals surface area contributed by atoms with E-state index in [9.17, 15) is 0 Å². The molecule has 1 aromatic rings. The first kappa shape index (κ1) is 9.85. The molecule has 1 rings (SSSR count). The van der Waals surface area contributed by atoms with Gasteiger partial charge in [0.25, 0.3) is 0 Å². The van der Waals surface area contributed by atoms with Gasteiger partial charge in [0.1, 0.15) is 5.75 Å². The SMILES string of the molecule is COc1cccc(CC=C(C)C)c1. The molecule has 0 aliphatic heterocycles. The van der Waals surface area contributed by atoms with Crippen LogP contribution in [0.3, 0.4) is 0 Å². The topological polar surface area (TPSA) is 9.23 Å². The average Bonchev–Trinajstić information content (AvgIpc) is 2.15. The summed E-state index contributed by atoms with van der Waals surface area (Å²) in [5, 5.41) is 0. The summed E-state index contributed by atoms with van der Waals surface area (Å²) in [7, 11) is 1.69. The van der Waals surface area contributed by atoms with Crippen LogP contribution in [0.4, 0.5) is 0 Å². The van der Waals surface area contributed by atoms with Gasteiger partial charge in [-0.25, -0.2) is 0 Å². The fourth-order valence-corrected chi connectivity index (χ4v) is 1.12. The van der Waals surface area contributed by atoms with Crippen LogP contribution in [0.1, 0.15) is 19.4 Å². The second-order valence-electron chi connectivity index (χ2n) is 3.34. The molecule has 0 fully saturated rings. The number of allylic oxidation sites excluding steroid dienone is 2. The third-order valence-electron chi connectivity index (χ3n) is 1.88. The van der Waals surface area contributed by atoms with Gasteiger partial charge in [-0.2, -0.15) is 0 Å². The predicted molar refractivity (Wildman–Crippen MR) is 56.1 cm³/mol.